The summed E-state index contributed by atoms with van der Waals surface area (Å²) in [6.45, 7) is 3.60. The zero-order valence-corrected chi connectivity index (χ0v) is 14.4. The molecule has 2 N–H and O–H groups in total. The zero-order chi connectivity index (χ0) is 17.7. The first kappa shape index (κ1) is 16.1. The Morgan fingerprint density at radius 3 is 2.60 bits per heavy atom. The summed E-state index contributed by atoms with van der Waals surface area (Å²) in [7, 11) is 0. The molecule has 132 valence electrons. The second-order valence-electron chi connectivity index (χ2n) is 7.31. The average molecular weight is 342 g/mol. The highest BCUT2D eigenvalue weighted by Crippen LogP contribution is 2.42. The van der Waals surface area contributed by atoms with Crippen LogP contribution in [0.5, 0.6) is 0 Å². The maximum atomic E-state index is 12.7. The Kier molecular flexibility index (Phi) is 3.74. The van der Waals surface area contributed by atoms with Crippen molar-refractivity contribution in [1.29, 1.82) is 0 Å². The van der Waals surface area contributed by atoms with Crippen LogP contribution in [-0.4, -0.2) is 37.8 Å². The highest BCUT2D eigenvalue weighted by atomic mass is 16.4. The third kappa shape index (κ3) is 2.99. The first-order valence-electron chi connectivity index (χ1n) is 8.87. The van der Waals surface area contributed by atoms with Crippen molar-refractivity contribution in [2.45, 2.75) is 57.5 Å². The number of carboxylic acid groups (broad SMARTS) is 1. The van der Waals surface area contributed by atoms with E-state index in [1.165, 1.54) is 19.8 Å². The summed E-state index contributed by atoms with van der Waals surface area (Å²) in [6, 6.07) is 1.12. The summed E-state index contributed by atoms with van der Waals surface area (Å²) in [4.78, 5) is 28.5. The van der Waals surface area contributed by atoms with E-state index in [9.17, 15) is 9.59 Å². The van der Waals surface area contributed by atoms with Crippen molar-refractivity contribution >= 4 is 22.9 Å². The standard InChI is InChI=1S/C18H22N4O3/c1-9(18(24)25)20-17(23)13-7-15(12-5-6-12)21-16-14(13)8-19-22(16)10(2)11-3-4-11/h7-12H,3-6H2,1-2H3,(H,20,23)(H,24,25)/t9-,10+/m1/s1. The Labute approximate surface area is 145 Å². The lowest BCUT2D eigenvalue weighted by molar-refractivity contribution is -0.138. The molecule has 0 saturated heterocycles. The summed E-state index contributed by atoms with van der Waals surface area (Å²) in [5.41, 5.74) is 2.11. The maximum Gasteiger partial charge on any atom is 0.325 e. The van der Waals surface area contributed by atoms with E-state index in [1.54, 1.807) is 12.3 Å². The number of amides is 1. The number of fused-ring (bicyclic) bond motifs is 1. The monoisotopic (exact) mass is 342 g/mol. The third-order valence-corrected chi connectivity index (χ3v) is 5.23. The van der Waals surface area contributed by atoms with E-state index >= 15 is 0 Å². The number of hydrogen-bond acceptors (Lipinski definition) is 4. The van der Waals surface area contributed by atoms with Crippen molar-refractivity contribution in [3.8, 4) is 0 Å². The molecule has 2 aromatic rings. The van der Waals surface area contributed by atoms with Crippen LogP contribution in [-0.2, 0) is 4.79 Å². The van der Waals surface area contributed by atoms with Crippen molar-refractivity contribution in [1.82, 2.24) is 20.1 Å². The lowest BCUT2D eigenvalue weighted by Crippen LogP contribution is -2.38. The van der Waals surface area contributed by atoms with Crippen LogP contribution in [0.15, 0.2) is 12.3 Å². The molecular formula is C18H22N4O3. The number of nitrogens with one attached hydrogen (secondary N) is 1. The highest BCUT2D eigenvalue weighted by molar-refractivity contribution is 6.06. The number of nitrogens with zero attached hydrogens (tertiary/aromatic N) is 3. The van der Waals surface area contributed by atoms with Gasteiger partial charge in [0.05, 0.1) is 23.2 Å². The number of pyridine rings is 1. The Balaban J connectivity index is 1.77. The minimum atomic E-state index is -1.06. The fraction of sp³-hybridized carbons (Fsp3) is 0.556. The van der Waals surface area contributed by atoms with Gasteiger partial charge in [-0.25, -0.2) is 9.67 Å². The van der Waals surface area contributed by atoms with Gasteiger partial charge in [0, 0.05) is 11.6 Å². The van der Waals surface area contributed by atoms with Crippen LogP contribution in [0.25, 0.3) is 11.0 Å². The number of rotatable bonds is 6. The normalized spacial score (nSPS) is 19.6. The van der Waals surface area contributed by atoms with Crippen molar-refractivity contribution < 1.29 is 14.7 Å². The van der Waals surface area contributed by atoms with Gasteiger partial charge in [-0.15, -0.1) is 0 Å². The topological polar surface area (TPSA) is 97.1 Å². The van der Waals surface area contributed by atoms with Gasteiger partial charge in [-0.2, -0.15) is 5.10 Å². The van der Waals surface area contributed by atoms with Crippen LogP contribution in [0.1, 0.15) is 67.5 Å². The molecule has 0 radical (unpaired) electrons. The minimum absolute atomic E-state index is 0.258. The lowest BCUT2D eigenvalue weighted by Gasteiger charge is -2.14. The average Bonchev–Trinajstić information content (AvgIpc) is 3.48. The van der Waals surface area contributed by atoms with E-state index in [0.29, 0.717) is 22.8 Å². The summed E-state index contributed by atoms with van der Waals surface area (Å²) < 4.78 is 1.93. The third-order valence-electron chi connectivity index (χ3n) is 5.23. The molecule has 0 aliphatic heterocycles. The van der Waals surface area contributed by atoms with E-state index < -0.39 is 12.0 Å². The minimum Gasteiger partial charge on any atom is -0.480 e. The van der Waals surface area contributed by atoms with Crippen molar-refractivity contribution in [2.24, 2.45) is 5.92 Å². The fourth-order valence-corrected chi connectivity index (χ4v) is 3.23. The summed E-state index contributed by atoms with van der Waals surface area (Å²) in [5, 5.41) is 16.8. The SMILES string of the molecule is C[C@@H](NC(=O)c1cc(C2CC2)nc2c1cnn2[C@@H](C)C1CC1)C(=O)O. The molecular weight excluding hydrogens is 320 g/mol. The number of carboxylic acids is 1. The predicted molar refractivity (Wildman–Crippen MR) is 91.5 cm³/mol. The number of aliphatic carboxylic acids is 1. The first-order valence-corrected chi connectivity index (χ1v) is 8.87. The first-order chi connectivity index (χ1) is 12.0. The van der Waals surface area contributed by atoms with E-state index in [2.05, 4.69) is 17.3 Å². The molecule has 2 aliphatic rings. The van der Waals surface area contributed by atoms with E-state index in [-0.39, 0.29) is 11.9 Å². The molecule has 7 heteroatoms. The van der Waals surface area contributed by atoms with Gasteiger partial charge in [-0.1, -0.05) is 0 Å². The van der Waals surface area contributed by atoms with Crippen LogP contribution >= 0.6 is 0 Å². The van der Waals surface area contributed by atoms with Gasteiger partial charge >= 0.3 is 5.97 Å². The zero-order valence-electron chi connectivity index (χ0n) is 14.4. The van der Waals surface area contributed by atoms with Gasteiger partial charge in [0.15, 0.2) is 5.65 Å². The molecule has 2 atom stereocenters. The van der Waals surface area contributed by atoms with Gasteiger partial charge in [0.25, 0.3) is 5.91 Å². The molecule has 2 saturated carbocycles. The molecule has 2 fully saturated rings. The van der Waals surface area contributed by atoms with E-state index in [4.69, 9.17) is 10.1 Å². The predicted octanol–water partition coefficient (Wildman–Crippen LogP) is 2.48. The second kappa shape index (κ2) is 5.82. The molecule has 2 aromatic heterocycles. The van der Waals surface area contributed by atoms with Crippen LogP contribution in [0.2, 0.25) is 0 Å². The molecule has 4 rings (SSSR count). The summed E-state index contributed by atoms with van der Waals surface area (Å²) in [5.74, 6) is -0.423. The Morgan fingerprint density at radius 1 is 1.28 bits per heavy atom. The van der Waals surface area contributed by atoms with Gasteiger partial charge in [0.1, 0.15) is 6.04 Å². The van der Waals surface area contributed by atoms with Crippen LogP contribution < -0.4 is 5.32 Å². The van der Waals surface area contributed by atoms with E-state index in [1.807, 2.05) is 4.68 Å². The quantitative estimate of drug-likeness (QED) is 0.840. The van der Waals surface area contributed by atoms with Gasteiger partial charge in [-0.3, -0.25) is 9.59 Å². The fourth-order valence-electron chi connectivity index (χ4n) is 3.23. The van der Waals surface area contributed by atoms with Gasteiger partial charge < -0.3 is 10.4 Å². The molecule has 0 aromatic carbocycles. The molecule has 0 spiro atoms. The van der Waals surface area contributed by atoms with Gasteiger partial charge in [0.2, 0.25) is 0 Å². The van der Waals surface area contributed by atoms with Crippen LogP contribution in [0.3, 0.4) is 0 Å². The summed E-state index contributed by atoms with van der Waals surface area (Å²) >= 11 is 0. The smallest absolute Gasteiger partial charge is 0.325 e. The summed E-state index contributed by atoms with van der Waals surface area (Å²) in [6.07, 6.45) is 6.25. The molecule has 0 unspecified atom stereocenters. The number of carbonyl (C=O) groups is 2. The molecule has 2 heterocycles. The van der Waals surface area contributed by atoms with Gasteiger partial charge in [-0.05, 0) is 51.5 Å². The van der Waals surface area contributed by atoms with Crippen molar-refractivity contribution in [2.75, 3.05) is 0 Å². The number of carbonyl (C=O) groups excluding carboxylic acids is 1. The second-order valence-corrected chi connectivity index (χ2v) is 7.31. The van der Waals surface area contributed by atoms with Crippen LogP contribution in [0.4, 0.5) is 0 Å². The Bertz CT molecular complexity index is 851. The molecule has 0 bridgehead atoms. The Hall–Kier alpha value is -2.44. The van der Waals surface area contributed by atoms with Crippen molar-refractivity contribution in [3.63, 3.8) is 0 Å². The molecule has 1 amide bonds. The largest absolute Gasteiger partial charge is 0.480 e. The molecule has 2 aliphatic carbocycles. The van der Waals surface area contributed by atoms with Crippen LogP contribution in [0, 0.1) is 5.92 Å². The van der Waals surface area contributed by atoms with E-state index in [0.717, 1.165) is 24.2 Å². The molecule has 7 nitrogen and oxygen atoms in total. The Morgan fingerprint density at radius 2 is 2.00 bits per heavy atom. The molecule has 25 heavy (non-hydrogen) atoms. The highest BCUT2D eigenvalue weighted by Gasteiger charge is 2.33. The van der Waals surface area contributed by atoms with Crippen molar-refractivity contribution in [3.05, 3.63) is 23.5 Å². The number of hydrogen-bond donors (Lipinski definition) is 2. The number of aromatic nitrogens is 3. The lowest BCUT2D eigenvalue weighted by atomic mass is 10.1. The maximum absolute atomic E-state index is 12.7.